The van der Waals surface area contributed by atoms with Gasteiger partial charge in [0.2, 0.25) is 10.0 Å². The monoisotopic (exact) mass is 399 g/mol. The predicted molar refractivity (Wildman–Crippen MR) is 114 cm³/mol. The van der Waals surface area contributed by atoms with Crippen molar-refractivity contribution in [1.29, 1.82) is 0 Å². The molecule has 3 aromatic rings. The maximum atomic E-state index is 13.7. The van der Waals surface area contributed by atoms with Gasteiger partial charge in [-0.15, -0.1) is 0 Å². The summed E-state index contributed by atoms with van der Waals surface area (Å²) < 4.78 is 29.3. The first-order valence-corrected chi connectivity index (χ1v) is 11.5. The van der Waals surface area contributed by atoms with E-state index in [1.54, 1.807) is 16.4 Å². The van der Waals surface area contributed by atoms with Gasteiger partial charge in [0.05, 0.1) is 17.0 Å². The number of fused-ring (bicyclic) bond motifs is 8. The van der Waals surface area contributed by atoms with Crippen LogP contribution in [0.1, 0.15) is 34.3 Å². The SMILES string of the molecule is Cc1ccc(S(=O)(=O)N2[C@@H]3c4ccccc4[C@H]2C2C(c4ccccc4)=CC23)cc1. The fourth-order valence-electron chi connectivity index (χ4n) is 5.45. The summed E-state index contributed by atoms with van der Waals surface area (Å²) in [4.78, 5) is 0.383. The second kappa shape index (κ2) is 5.91. The van der Waals surface area contributed by atoms with Crippen molar-refractivity contribution in [2.45, 2.75) is 23.9 Å². The molecule has 0 amide bonds. The Hall–Kier alpha value is -2.69. The van der Waals surface area contributed by atoms with E-state index in [1.165, 1.54) is 11.1 Å². The van der Waals surface area contributed by atoms with Gasteiger partial charge in [-0.2, -0.15) is 4.31 Å². The highest BCUT2D eigenvalue weighted by molar-refractivity contribution is 7.89. The average molecular weight is 400 g/mol. The molecule has 2 bridgehead atoms. The maximum Gasteiger partial charge on any atom is 0.244 e. The standard InChI is InChI=1S/C25H21NO2S/c1-16-11-13-18(14-12-16)29(27,28)26-24-19-9-5-6-10-20(19)25(26)23-21(15-22(23)24)17-7-3-2-4-8-17/h2-15,22-25H,1H3/t22?,23?,24-,25+/m1/s1. The lowest BCUT2D eigenvalue weighted by Gasteiger charge is -2.39. The van der Waals surface area contributed by atoms with Crippen LogP contribution in [0.5, 0.6) is 0 Å². The fraction of sp³-hybridized carbons (Fsp3) is 0.200. The van der Waals surface area contributed by atoms with Gasteiger partial charge in [-0.05, 0) is 41.3 Å². The highest BCUT2D eigenvalue weighted by atomic mass is 32.2. The van der Waals surface area contributed by atoms with E-state index < -0.39 is 10.0 Å². The third-order valence-corrected chi connectivity index (χ3v) is 8.61. The van der Waals surface area contributed by atoms with Crippen molar-refractivity contribution < 1.29 is 8.42 Å². The van der Waals surface area contributed by atoms with Crippen molar-refractivity contribution in [3.05, 3.63) is 107 Å². The van der Waals surface area contributed by atoms with Crippen LogP contribution in [0.15, 0.2) is 89.8 Å². The molecule has 6 rings (SSSR count). The van der Waals surface area contributed by atoms with Crippen LogP contribution >= 0.6 is 0 Å². The molecule has 0 radical (unpaired) electrons. The lowest BCUT2D eigenvalue weighted by Crippen LogP contribution is -2.29. The first kappa shape index (κ1) is 17.2. The number of nitrogens with zero attached hydrogens (tertiary/aromatic N) is 1. The smallest absolute Gasteiger partial charge is 0.207 e. The van der Waals surface area contributed by atoms with Gasteiger partial charge in [0.25, 0.3) is 0 Å². The zero-order valence-corrected chi connectivity index (χ0v) is 16.9. The van der Waals surface area contributed by atoms with Crippen LogP contribution in [0.25, 0.3) is 5.57 Å². The largest absolute Gasteiger partial charge is 0.244 e. The molecule has 3 nitrogen and oxygen atoms in total. The Morgan fingerprint density at radius 3 is 2.07 bits per heavy atom. The predicted octanol–water partition coefficient (Wildman–Crippen LogP) is 5.12. The summed E-state index contributed by atoms with van der Waals surface area (Å²) in [6, 6.07) is 25.6. The third-order valence-electron chi connectivity index (χ3n) is 6.74. The van der Waals surface area contributed by atoms with Crippen molar-refractivity contribution >= 4 is 15.6 Å². The Balaban J connectivity index is 1.48. The summed E-state index contributed by atoms with van der Waals surface area (Å²) in [7, 11) is -3.59. The summed E-state index contributed by atoms with van der Waals surface area (Å²) in [5.41, 5.74) is 5.87. The van der Waals surface area contributed by atoms with Gasteiger partial charge in [0.1, 0.15) is 0 Å². The lowest BCUT2D eigenvalue weighted by atomic mass is 9.63. The van der Waals surface area contributed by atoms with Crippen LogP contribution in [0.2, 0.25) is 0 Å². The molecule has 2 unspecified atom stereocenters. The molecule has 2 aliphatic heterocycles. The van der Waals surface area contributed by atoms with Crippen LogP contribution in [0.3, 0.4) is 0 Å². The Morgan fingerprint density at radius 2 is 1.38 bits per heavy atom. The van der Waals surface area contributed by atoms with Crippen LogP contribution < -0.4 is 0 Å². The van der Waals surface area contributed by atoms with Gasteiger partial charge >= 0.3 is 0 Å². The van der Waals surface area contributed by atoms with E-state index >= 15 is 0 Å². The minimum absolute atomic E-state index is 0.111. The zero-order chi connectivity index (χ0) is 19.8. The lowest BCUT2D eigenvalue weighted by molar-refractivity contribution is 0.354. The van der Waals surface area contributed by atoms with Gasteiger partial charge in [0.15, 0.2) is 0 Å². The van der Waals surface area contributed by atoms with E-state index in [-0.39, 0.29) is 23.9 Å². The van der Waals surface area contributed by atoms with Gasteiger partial charge < -0.3 is 0 Å². The molecule has 0 spiro atoms. The highest BCUT2D eigenvalue weighted by Crippen LogP contribution is 2.68. The van der Waals surface area contributed by atoms with E-state index in [2.05, 4.69) is 30.3 Å². The Labute approximate surface area is 171 Å². The number of sulfonamides is 1. The van der Waals surface area contributed by atoms with Crippen LogP contribution in [0.4, 0.5) is 0 Å². The van der Waals surface area contributed by atoms with Gasteiger partial charge in [-0.3, -0.25) is 0 Å². The summed E-state index contributed by atoms with van der Waals surface area (Å²) in [5.74, 6) is 0.461. The van der Waals surface area contributed by atoms with E-state index in [0.717, 1.165) is 16.7 Å². The Kier molecular flexibility index (Phi) is 3.50. The Bertz CT molecular complexity index is 1250. The average Bonchev–Trinajstić information content (AvgIpc) is 3.17. The topological polar surface area (TPSA) is 37.4 Å². The minimum Gasteiger partial charge on any atom is -0.207 e. The first-order valence-electron chi connectivity index (χ1n) is 10.0. The molecule has 29 heavy (non-hydrogen) atoms. The van der Waals surface area contributed by atoms with Crippen LogP contribution in [-0.2, 0) is 10.0 Å². The number of rotatable bonds is 3. The molecule has 4 atom stereocenters. The molecular weight excluding hydrogens is 378 g/mol. The fourth-order valence-corrected chi connectivity index (χ4v) is 7.28. The molecule has 1 fully saturated rings. The third kappa shape index (κ3) is 2.24. The molecular formula is C25H21NO2S. The zero-order valence-electron chi connectivity index (χ0n) is 16.1. The molecule has 0 aromatic heterocycles. The van der Waals surface area contributed by atoms with Crippen LogP contribution in [0, 0.1) is 18.8 Å². The summed E-state index contributed by atoms with van der Waals surface area (Å²) >= 11 is 0. The maximum absolute atomic E-state index is 13.7. The number of aryl methyl sites for hydroxylation is 1. The number of hydrogen-bond donors (Lipinski definition) is 0. The van der Waals surface area contributed by atoms with E-state index in [0.29, 0.717) is 4.90 Å². The highest BCUT2D eigenvalue weighted by Gasteiger charge is 2.63. The van der Waals surface area contributed by atoms with Gasteiger partial charge in [0, 0.05) is 11.8 Å². The van der Waals surface area contributed by atoms with Crippen molar-refractivity contribution in [3.63, 3.8) is 0 Å². The van der Waals surface area contributed by atoms with E-state index in [1.807, 2.05) is 49.4 Å². The first-order chi connectivity index (χ1) is 14.1. The summed E-state index contributed by atoms with van der Waals surface area (Å²) in [6.45, 7) is 1.97. The second-order valence-electron chi connectivity index (χ2n) is 8.26. The molecule has 4 heteroatoms. The summed E-state index contributed by atoms with van der Waals surface area (Å²) in [5, 5.41) is 0. The van der Waals surface area contributed by atoms with Crippen molar-refractivity contribution in [3.8, 4) is 0 Å². The van der Waals surface area contributed by atoms with Crippen molar-refractivity contribution in [1.82, 2.24) is 4.31 Å². The number of benzene rings is 3. The summed E-state index contributed by atoms with van der Waals surface area (Å²) in [6.07, 6.45) is 2.29. The molecule has 3 aromatic carbocycles. The molecule has 0 N–H and O–H groups in total. The van der Waals surface area contributed by atoms with E-state index in [4.69, 9.17) is 0 Å². The molecule has 144 valence electrons. The van der Waals surface area contributed by atoms with Crippen molar-refractivity contribution in [2.24, 2.45) is 11.8 Å². The second-order valence-corrected chi connectivity index (χ2v) is 10.1. The van der Waals surface area contributed by atoms with Gasteiger partial charge in [-0.25, -0.2) is 8.42 Å². The van der Waals surface area contributed by atoms with Gasteiger partial charge in [-0.1, -0.05) is 78.4 Å². The van der Waals surface area contributed by atoms with Crippen LogP contribution in [-0.4, -0.2) is 12.7 Å². The molecule has 2 heterocycles. The minimum atomic E-state index is -3.59. The quantitative estimate of drug-likeness (QED) is 0.613. The normalized spacial score (nSPS) is 27.1. The molecule has 1 saturated heterocycles. The molecule has 3 aliphatic rings. The Morgan fingerprint density at radius 1 is 0.759 bits per heavy atom. The molecule has 0 saturated carbocycles. The number of hydrogen-bond acceptors (Lipinski definition) is 2. The molecule has 1 aliphatic carbocycles. The van der Waals surface area contributed by atoms with Crippen molar-refractivity contribution in [2.75, 3.05) is 0 Å². The van der Waals surface area contributed by atoms with E-state index in [9.17, 15) is 8.42 Å².